The van der Waals surface area contributed by atoms with E-state index in [9.17, 15) is 9.59 Å². The lowest BCUT2D eigenvalue weighted by Gasteiger charge is -2.28. The monoisotopic (exact) mass is 439 g/mol. The molecule has 4 rings (SSSR count). The van der Waals surface area contributed by atoms with Gasteiger partial charge in [0, 0.05) is 29.1 Å². The molecule has 0 bridgehead atoms. The number of anilines is 2. The van der Waals surface area contributed by atoms with E-state index in [1.807, 2.05) is 30.5 Å². The molecule has 0 fully saturated rings. The number of hydrogen-bond donors (Lipinski definition) is 1. The number of benzene rings is 2. The molecule has 0 atom stereocenters. The van der Waals surface area contributed by atoms with Crippen LogP contribution in [-0.2, 0) is 4.79 Å². The first kappa shape index (κ1) is 20.7. The summed E-state index contributed by atoms with van der Waals surface area (Å²) < 4.78 is 16.0. The van der Waals surface area contributed by atoms with E-state index < -0.39 is 0 Å². The van der Waals surface area contributed by atoms with Crippen LogP contribution in [0.3, 0.4) is 0 Å². The van der Waals surface area contributed by atoms with Gasteiger partial charge in [-0.25, -0.2) is 4.98 Å². The smallest absolute Gasteiger partial charge is 0.265 e. The van der Waals surface area contributed by atoms with Gasteiger partial charge in [0.05, 0.1) is 25.6 Å². The Labute approximate surface area is 183 Å². The van der Waals surface area contributed by atoms with Gasteiger partial charge in [0.15, 0.2) is 11.7 Å². The van der Waals surface area contributed by atoms with Crippen LogP contribution in [0.1, 0.15) is 17.3 Å². The minimum absolute atomic E-state index is 0.0438. The largest absolute Gasteiger partial charge is 0.497 e. The Morgan fingerprint density at radius 3 is 2.61 bits per heavy atom. The number of likely N-dealkylation sites (N-methyl/N-ethyl adjacent to an activating group) is 1. The maximum atomic E-state index is 12.7. The summed E-state index contributed by atoms with van der Waals surface area (Å²) in [5.41, 5.74) is 2.64. The van der Waals surface area contributed by atoms with Gasteiger partial charge >= 0.3 is 0 Å². The number of nitrogens with one attached hydrogen (secondary N) is 1. The number of aromatic nitrogens is 1. The summed E-state index contributed by atoms with van der Waals surface area (Å²) >= 11 is 1.31. The normalized spacial score (nSPS) is 12.7. The Hall–Kier alpha value is -3.59. The predicted octanol–water partition coefficient (Wildman–Crippen LogP) is 3.82. The second-order valence-electron chi connectivity index (χ2n) is 6.70. The van der Waals surface area contributed by atoms with Crippen molar-refractivity contribution in [2.45, 2.75) is 6.92 Å². The van der Waals surface area contributed by atoms with Crippen molar-refractivity contribution in [2.24, 2.45) is 0 Å². The Kier molecular flexibility index (Phi) is 5.77. The van der Waals surface area contributed by atoms with Crippen molar-refractivity contribution in [3.63, 3.8) is 0 Å². The topological polar surface area (TPSA) is 90.0 Å². The number of hydrogen-bond acceptors (Lipinski definition) is 7. The highest BCUT2D eigenvalue weighted by Gasteiger charge is 2.25. The predicted molar refractivity (Wildman–Crippen MR) is 119 cm³/mol. The average molecular weight is 439 g/mol. The molecular weight excluding hydrogens is 418 g/mol. The summed E-state index contributed by atoms with van der Waals surface area (Å²) in [6, 6.07) is 10.6. The molecule has 3 aromatic rings. The zero-order valence-electron chi connectivity index (χ0n) is 17.3. The molecule has 0 spiro atoms. The van der Waals surface area contributed by atoms with Gasteiger partial charge < -0.3 is 19.1 Å². The molecule has 0 saturated heterocycles. The van der Waals surface area contributed by atoms with Gasteiger partial charge in [-0.2, -0.15) is 0 Å². The summed E-state index contributed by atoms with van der Waals surface area (Å²) in [6.45, 7) is 2.52. The number of fused-ring (bicyclic) bond motifs is 1. The first-order valence-corrected chi connectivity index (χ1v) is 10.5. The lowest BCUT2D eigenvalue weighted by molar-refractivity contribution is -0.121. The molecule has 8 nitrogen and oxygen atoms in total. The van der Waals surface area contributed by atoms with Crippen LogP contribution in [0, 0.1) is 0 Å². The maximum Gasteiger partial charge on any atom is 0.265 e. The SMILES string of the molecule is CCN1C(=O)COc2ccc(-c3csc(NC(=O)c4cc(OC)cc(OC)c4)n3)cc21. The van der Waals surface area contributed by atoms with Gasteiger partial charge in [-0.3, -0.25) is 14.9 Å². The second-order valence-corrected chi connectivity index (χ2v) is 7.56. The van der Waals surface area contributed by atoms with Crippen LogP contribution in [-0.4, -0.2) is 44.2 Å². The number of amides is 2. The van der Waals surface area contributed by atoms with Crippen molar-refractivity contribution in [3.8, 4) is 28.5 Å². The van der Waals surface area contributed by atoms with Crippen molar-refractivity contribution in [2.75, 3.05) is 37.6 Å². The van der Waals surface area contributed by atoms with Crippen molar-refractivity contribution < 1.29 is 23.8 Å². The van der Waals surface area contributed by atoms with Crippen LogP contribution in [0.25, 0.3) is 11.3 Å². The highest BCUT2D eigenvalue weighted by atomic mass is 32.1. The molecule has 2 aromatic carbocycles. The van der Waals surface area contributed by atoms with Crippen LogP contribution in [0.2, 0.25) is 0 Å². The molecule has 2 heterocycles. The molecule has 1 aliphatic heterocycles. The molecular formula is C22H21N3O5S. The van der Waals surface area contributed by atoms with E-state index in [-0.39, 0.29) is 18.4 Å². The van der Waals surface area contributed by atoms with Crippen molar-refractivity contribution in [3.05, 3.63) is 47.3 Å². The van der Waals surface area contributed by atoms with E-state index in [0.717, 1.165) is 11.3 Å². The third kappa shape index (κ3) is 4.17. The molecule has 160 valence electrons. The maximum absolute atomic E-state index is 12.7. The standard InChI is InChI=1S/C22H21N3O5S/c1-4-25-18-9-13(5-6-19(18)30-11-20(25)26)17-12-31-22(23-17)24-21(27)14-7-15(28-2)10-16(8-14)29-3/h5-10,12H,4,11H2,1-3H3,(H,23,24,27). The minimum Gasteiger partial charge on any atom is -0.497 e. The van der Waals surface area contributed by atoms with E-state index >= 15 is 0 Å². The molecule has 1 aliphatic rings. The summed E-state index contributed by atoms with van der Waals surface area (Å²) in [7, 11) is 3.06. The number of methoxy groups -OCH3 is 2. The molecule has 0 aliphatic carbocycles. The van der Waals surface area contributed by atoms with Gasteiger partial charge in [-0.05, 0) is 37.3 Å². The highest BCUT2D eigenvalue weighted by Crippen LogP contribution is 2.36. The Balaban J connectivity index is 1.56. The highest BCUT2D eigenvalue weighted by molar-refractivity contribution is 7.14. The quantitative estimate of drug-likeness (QED) is 0.628. The molecule has 2 amide bonds. The van der Waals surface area contributed by atoms with Crippen LogP contribution in [0.4, 0.5) is 10.8 Å². The Morgan fingerprint density at radius 1 is 1.19 bits per heavy atom. The minimum atomic E-state index is -0.320. The van der Waals surface area contributed by atoms with Crippen LogP contribution in [0.5, 0.6) is 17.2 Å². The fraction of sp³-hybridized carbons (Fsp3) is 0.227. The van der Waals surface area contributed by atoms with Crippen LogP contribution >= 0.6 is 11.3 Å². The summed E-state index contributed by atoms with van der Waals surface area (Å²) in [5.74, 6) is 1.32. The van der Waals surface area contributed by atoms with Crippen LogP contribution < -0.4 is 24.4 Å². The van der Waals surface area contributed by atoms with Gasteiger partial charge in [0.1, 0.15) is 17.2 Å². The third-order valence-corrected chi connectivity index (χ3v) is 5.61. The number of rotatable bonds is 6. The van der Waals surface area contributed by atoms with Crippen molar-refractivity contribution >= 4 is 34.0 Å². The fourth-order valence-corrected chi connectivity index (χ4v) is 3.99. The third-order valence-electron chi connectivity index (χ3n) is 4.85. The van der Waals surface area contributed by atoms with Crippen molar-refractivity contribution in [1.29, 1.82) is 0 Å². The molecule has 1 aromatic heterocycles. The zero-order valence-corrected chi connectivity index (χ0v) is 18.1. The van der Waals surface area contributed by atoms with Gasteiger partial charge in [0.25, 0.3) is 11.8 Å². The fourth-order valence-electron chi connectivity index (χ4n) is 3.28. The van der Waals surface area contributed by atoms with E-state index in [2.05, 4.69) is 10.3 Å². The van der Waals surface area contributed by atoms with Gasteiger partial charge in [-0.1, -0.05) is 0 Å². The summed E-state index contributed by atoms with van der Waals surface area (Å²) in [5, 5.41) is 5.12. The van der Waals surface area contributed by atoms with E-state index in [4.69, 9.17) is 14.2 Å². The lowest BCUT2D eigenvalue weighted by Crippen LogP contribution is -2.38. The molecule has 0 unspecified atom stereocenters. The zero-order chi connectivity index (χ0) is 22.0. The number of thiazole rings is 1. The average Bonchev–Trinajstić information content (AvgIpc) is 3.26. The lowest BCUT2D eigenvalue weighted by atomic mass is 10.1. The van der Waals surface area contributed by atoms with Gasteiger partial charge in [-0.15, -0.1) is 11.3 Å². The molecule has 31 heavy (non-hydrogen) atoms. The van der Waals surface area contributed by atoms with E-state index in [1.54, 1.807) is 23.1 Å². The molecule has 0 saturated carbocycles. The number of ether oxygens (including phenoxy) is 3. The Morgan fingerprint density at radius 2 is 1.94 bits per heavy atom. The molecule has 0 radical (unpaired) electrons. The summed E-state index contributed by atoms with van der Waals surface area (Å²) in [6.07, 6.45) is 0. The number of carbonyl (C=O) groups excluding carboxylic acids is 2. The first-order chi connectivity index (χ1) is 15.0. The van der Waals surface area contributed by atoms with E-state index in [0.29, 0.717) is 40.2 Å². The number of carbonyl (C=O) groups is 2. The molecule has 1 N–H and O–H groups in total. The van der Waals surface area contributed by atoms with Crippen LogP contribution in [0.15, 0.2) is 41.8 Å². The first-order valence-electron chi connectivity index (χ1n) is 9.60. The van der Waals surface area contributed by atoms with Crippen molar-refractivity contribution in [1.82, 2.24) is 4.98 Å². The summed E-state index contributed by atoms with van der Waals surface area (Å²) in [4.78, 5) is 31.0. The van der Waals surface area contributed by atoms with Gasteiger partial charge in [0.2, 0.25) is 0 Å². The van der Waals surface area contributed by atoms with E-state index in [1.165, 1.54) is 25.6 Å². The molecule has 9 heteroatoms. The number of nitrogens with zero attached hydrogens (tertiary/aromatic N) is 2. The Bertz CT molecular complexity index is 1120. The second kappa shape index (κ2) is 8.65.